The molecule has 3 atom stereocenters. The van der Waals surface area contributed by atoms with Crippen LogP contribution in [0.25, 0.3) is 5.78 Å². The lowest BCUT2D eigenvalue weighted by molar-refractivity contribution is 0.0553. The molecule has 33 heavy (non-hydrogen) atoms. The summed E-state index contributed by atoms with van der Waals surface area (Å²) in [6.45, 7) is 0. The number of fused-ring (bicyclic) bond motifs is 3. The van der Waals surface area contributed by atoms with Crippen LogP contribution in [0, 0.1) is 11.6 Å². The minimum absolute atomic E-state index is 0. The number of aromatic nitrogens is 4. The number of piperidine rings is 1. The van der Waals surface area contributed by atoms with Crippen LogP contribution in [-0.2, 0) is 0 Å². The molecule has 2 saturated heterocycles. The maximum atomic E-state index is 13.7. The van der Waals surface area contributed by atoms with Crippen LogP contribution in [0.1, 0.15) is 59.8 Å². The number of amides is 1. The predicted molar refractivity (Wildman–Crippen MR) is 128 cm³/mol. The van der Waals surface area contributed by atoms with E-state index < -0.39 is 18.1 Å². The second-order valence-corrected chi connectivity index (χ2v) is 7.70. The Bertz CT molecular complexity index is 1150. The highest BCUT2D eigenvalue weighted by Gasteiger charge is 2.46. The van der Waals surface area contributed by atoms with E-state index in [1.54, 1.807) is 4.90 Å². The standard InChI is InChI=1S/C20H17F4N5O.3H2S/c21-13-5-1-10(7-14(13)22)19(30)28-11-2-4-12(16(28)6-3-11)17-8-15(18(23)24)27-20-25-9-26-29(17)20;;;/h1,5,7-9,11-12,16,18H,2-4,6H2;3*1H2/t11-,12-,16-;;;/m0.../s1. The van der Waals surface area contributed by atoms with E-state index in [0.29, 0.717) is 25.0 Å². The summed E-state index contributed by atoms with van der Waals surface area (Å²) in [6, 6.07) is 4.15. The first kappa shape index (κ1) is 27.3. The Kier molecular flexibility index (Phi) is 8.68. The third kappa shape index (κ3) is 4.67. The van der Waals surface area contributed by atoms with Crippen molar-refractivity contribution in [2.24, 2.45) is 0 Å². The van der Waals surface area contributed by atoms with Gasteiger partial charge in [0.15, 0.2) is 11.6 Å². The molecule has 0 radical (unpaired) electrons. The van der Waals surface area contributed by atoms with E-state index in [1.807, 2.05) is 0 Å². The van der Waals surface area contributed by atoms with Gasteiger partial charge < -0.3 is 4.90 Å². The lowest BCUT2D eigenvalue weighted by Crippen LogP contribution is -2.47. The minimum Gasteiger partial charge on any atom is -0.332 e. The number of halogens is 4. The van der Waals surface area contributed by atoms with Crippen LogP contribution in [0.3, 0.4) is 0 Å². The molecule has 2 fully saturated rings. The Morgan fingerprint density at radius 2 is 1.73 bits per heavy atom. The summed E-state index contributed by atoms with van der Waals surface area (Å²) < 4.78 is 55.2. The van der Waals surface area contributed by atoms with Crippen molar-refractivity contribution in [1.29, 1.82) is 0 Å². The molecule has 2 aliphatic rings. The Morgan fingerprint density at radius 1 is 1.00 bits per heavy atom. The van der Waals surface area contributed by atoms with Gasteiger partial charge in [0.1, 0.15) is 12.0 Å². The van der Waals surface area contributed by atoms with Gasteiger partial charge in [0, 0.05) is 23.6 Å². The third-order valence-corrected chi connectivity index (χ3v) is 6.13. The summed E-state index contributed by atoms with van der Waals surface area (Å²) >= 11 is 0. The quantitative estimate of drug-likeness (QED) is 0.484. The van der Waals surface area contributed by atoms with Crippen molar-refractivity contribution < 1.29 is 22.4 Å². The summed E-state index contributed by atoms with van der Waals surface area (Å²) in [5, 5.41) is 4.13. The maximum Gasteiger partial charge on any atom is 0.280 e. The monoisotopic (exact) mass is 521 g/mol. The summed E-state index contributed by atoms with van der Waals surface area (Å²) in [5.41, 5.74) is 0.214. The van der Waals surface area contributed by atoms with Crippen LogP contribution < -0.4 is 0 Å². The van der Waals surface area contributed by atoms with Crippen LogP contribution in [-0.4, -0.2) is 42.5 Å². The second kappa shape index (κ2) is 10.5. The molecule has 0 N–H and O–H groups in total. The van der Waals surface area contributed by atoms with Crippen molar-refractivity contribution >= 4 is 52.2 Å². The van der Waals surface area contributed by atoms with Crippen LogP contribution in [0.4, 0.5) is 17.6 Å². The summed E-state index contributed by atoms with van der Waals surface area (Å²) in [5.74, 6) is -2.65. The van der Waals surface area contributed by atoms with Crippen LogP contribution >= 0.6 is 40.5 Å². The molecule has 0 spiro atoms. The van der Waals surface area contributed by atoms with Gasteiger partial charge >= 0.3 is 0 Å². The Hall–Kier alpha value is -1.99. The molecular weight excluding hydrogens is 498 g/mol. The molecule has 0 aliphatic carbocycles. The van der Waals surface area contributed by atoms with E-state index in [9.17, 15) is 22.4 Å². The average molecular weight is 522 g/mol. The number of carbonyl (C=O) groups excluding carboxylic acids is 1. The highest BCUT2D eigenvalue weighted by atomic mass is 32.1. The Morgan fingerprint density at radius 3 is 2.42 bits per heavy atom. The van der Waals surface area contributed by atoms with Crippen molar-refractivity contribution in [3.63, 3.8) is 0 Å². The van der Waals surface area contributed by atoms with E-state index in [-0.39, 0.29) is 81.4 Å². The van der Waals surface area contributed by atoms with Crippen molar-refractivity contribution in [3.8, 4) is 0 Å². The summed E-state index contributed by atoms with van der Waals surface area (Å²) in [7, 11) is 0. The molecule has 13 heteroatoms. The van der Waals surface area contributed by atoms with Crippen LogP contribution in [0.15, 0.2) is 30.6 Å². The third-order valence-electron chi connectivity index (χ3n) is 6.13. The van der Waals surface area contributed by atoms with Crippen LogP contribution in [0.2, 0.25) is 0 Å². The molecular formula is C20H23F4N5OS3. The molecule has 0 unspecified atom stereocenters. The zero-order valence-corrected chi connectivity index (χ0v) is 20.2. The number of hydrogen-bond acceptors (Lipinski definition) is 4. The van der Waals surface area contributed by atoms with Crippen molar-refractivity contribution in [3.05, 3.63) is 59.2 Å². The molecule has 180 valence electrons. The van der Waals surface area contributed by atoms with Gasteiger partial charge in [0.2, 0.25) is 0 Å². The van der Waals surface area contributed by atoms with Gasteiger partial charge in [-0.2, -0.15) is 50.6 Å². The van der Waals surface area contributed by atoms with E-state index in [1.165, 1.54) is 23.0 Å². The van der Waals surface area contributed by atoms with Crippen molar-refractivity contribution in [1.82, 2.24) is 24.5 Å². The molecule has 3 aromatic rings. The lowest BCUT2D eigenvalue weighted by atomic mass is 9.86. The summed E-state index contributed by atoms with van der Waals surface area (Å²) in [6.07, 6.45) is 1.32. The first-order valence-electron chi connectivity index (χ1n) is 9.70. The fourth-order valence-corrected chi connectivity index (χ4v) is 4.82. The molecule has 4 heterocycles. The number of alkyl halides is 2. The van der Waals surface area contributed by atoms with Gasteiger partial charge in [-0.3, -0.25) is 4.79 Å². The molecule has 2 aromatic heterocycles. The number of rotatable bonds is 3. The fraction of sp³-hybridized carbons (Fsp3) is 0.400. The lowest BCUT2D eigenvalue weighted by Gasteiger charge is -2.40. The minimum atomic E-state index is -2.76. The van der Waals surface area contributed by atoms with Gasteiger partial charge in [-0.25, -0.2) is 27.1 Å². The Balaban J connectivity index is 0.00000128. The van der Waals surface area contributed by atoms with Gasteiger partial charge in [-0.15, -0.1) is 0 Å². The number of nitrogens with zero attached hydrogens (tertiary/aromatic N) is 5. The predicted octanol–water partition coefficient (Wildman–Crippen LogP) is 4.23. The zero-order valence-electron chi connectivity index (χ0n) is 17.2. The molecule has 0 saturated carbocycles. The first-order chi connectivity index (χ1) is 14.4. The maximum absolute atomic E-state index is 13.7. The SMILES string of the molecule is O=C(c1ccc(F)c(F)c1)N1[C@H]2CC[C@H](c3cc(C(F)F)nc4ncnn34)[C@@H]1CC2.S.S.S. The number of carbonyl (C=O) groups is 1. The highest BCUT2D eigenvalue weighted by molar-refractivity contribution is 7.59. The summed E-state index contributed by atoms with van der Waals surface area (Å²) in [4.78, 5) is 22.7. The molecule has 5 rings (SSSR count). The topological polar surface area (TPSA) is 63.4 Å². The van der Waals surface area contributed by atoms with E-state index in [0.717, 1.165) is 18.6 Å². The molecule has 6 nitrogen and oxygen atoms in total. The molecule has 1 aromatic carbocycles. The van der Waals surface area contributed by atoms with Gasteiger partial charge in [-0.1, -0.05) is 0 Å². The Labute approximate surface area is 208 Å². The number of hydrogen-bond donors (Lipinski definition) is 0. The molecule has 2 aliphatic heterocycles. The average Bonchev–Trinajstić information content (AvgIpc) is 3.32. The normalized spacial score (nSPS) is 21.4. The van der Waals surface area contributed by atoms with E-state index in [4.69, 9.17) is 0 Å². The van der Waals surface area contributed by atoms with E-state index >= 15 is 0 Å². The van der Waals surface area contributed by atoms with Crippen molar-refractivity contribution in [2.75, 3.05) is 0 Å². The zero-order chi connectivity index (χ0) is 21.0. The molecule has 1 amide bonds. The first-order valence-corrected chi connectivity index (χ1v) is 9.70. The highest BCUT2D eigenvalue weighted by Crippen LogP contribution is 2.45. The molecule has 2 bridgehead atoms. The van der Waals surface area contributed by atoms with Gasteiger partial charge in [-0.05, 0) is 49.9 Å². The number of benzene rings is 1. The van der Waals surface area contributed by atoms with Crippen molar-refractivity contribution in [2.45, 2.75) is 50.1 Å². The smallest absolute Gasteiger partial charge is 0.280 e. The largest absolute Gasteiger partial charge is 0.332 e. The fourth-order valence-electron chi connectivity index (χ4n) is 4.82. The van der Waals surface area contributed by atoms with Crippen LogP contribution in [0.5, 0.6) is 0 Å². The second-order valence-electron chi connectivity index (χ2n) is 7.70. The van der Waals surface area contributed by atoms with E-state index in [2.05, 4.69) is 15.1 Å². The van der Waals surface area contributed by atoms with Gasteiger partial charge in [0.05, 0.1) is 5.69 Å². The van der Waals surface area contributed by atoms with Gasteiger partial charge in [0.25, 0.3) is 18.1 Å².